The third-order valence-corrected chi connectivity index (χ3v) is 8.96. The van der Waals surface area contributed by atoms with Gasteiger partial charge >= 0.3 is 0 Å². The van der Waals surface area contributed by atoms with Crippen molar-refractivity contribution in [1.82, 2.24) is 14.3 Å². The quantitative estimate of drug-likeness (QED) is 0.211. The highest BCUT2D eigenvalue weighted by molar-refractivity contribution is 6.18. The Morgan fingerprint density at radius 3 is 2.58 bits per heavy atom. The molecule has 0 spiro atoms. The van der Waals surface area contributed by atoms with E-state index in [2.05, 4.69) is 37.1 Å². The lowest BCUT2D eigenvalue weighted by Crippen LogP contribution is -2.31. The molecule has 2 aromatic carbocycles. The number of aromatic hydroxyl groups is 1. The van der Waals surface area contributed by atoms with Gasteiger partial charge in [0.15, 0.2) is 0 Å². The Kier molecular flexibility index (Phi) is 7.26. The number of fused-ring (bicyclic) bond motifs is 2. The molecule has 2 aliphatic rings. The first-order valence-corrected chi connectivity index (χ1v) is 14.9. The van der Waals surface area contributed by atoms with E-state index in [9.17, 15) is 19.8 Å². The highest BCUT2D eigenvalue weighted by atomic mass is 35.5. The van der Waals surface area contributed by atoms with Gasteiger partial charge in [0, 0.05) is 59.1 Å². The number of carbonyl (C=O) groups is 2. The van der Waals surface area contributed by atoms with E-state index in [1.165, 1.54) is 24.3 Å². The van der Waals surface area contributed by atoms with Crippen LogP contribution in [0.3, 0.4) is 0 Å². The summed E-state index contributed by atoms with van der Waals surface area (Å²) in [7, 11) is 0. The number of nitrogens with zero attached hydrogens (tertiary/aromatic N) is 3. The van der Waals surface area contributed by atoms with Gasteiger partial charge < -0.3 is 24.8 Å². The number of phenols is 1. The van der Waals surface area contributed by atoms with Gasteiger partial charge in [0.1, 0.15) is 22.8 Å². The van der Waals surface area contributed by atoms with E-state index in [4.69, 9.17) is 11.6 Å². The number of anilines is 1. The first kappa shape index (κ1) is 28.6. The number of benzene rings is 2. The maximum atomic E-state index is 14.1. The maximum absolute atomic E-state index is 14.1. The Bertz CT molecular complexity index is 1820. The summed E-state index contributed by atoms with van der Waals surface area (Å²) in [5.74, 6) is -0.160. The van der Waals surface area contributed by atoms with Gasteiger partial charge in [0.25, 0.3) is 11.8 Å². The van der Waals surface area contributed by atoms with Gasteiger partial charge in [-0.25, -0.2) is 4.98 Å². The number of amides is 2. The summed E-state index contributed by atoms with van der Waals surface area (Å²) >= 11 is 6.58. The van der Waals surface area contributed by atoms with Crippen molar-refractivity contribution in [1.29, 1.82) is 0 Å². The highest BCUT2D eigenvalue weighted by Gasteiger charge is 2.47. The normalized spacial score (nSPS) is 19.6. The molecule has 2 aromatic heterocycles. The maximum Gasteiger partial charge on any atom is 0.278 e. The molecule has 3 N–H and O–H groups in total. The Labute approximate surface area is 254 Å². The van der Waals surface area contributed by atoms with Crippen LogP contribution in [-0.2, 0) is 5.41 Å². The SMILES string of the molecule is CCCC1(C)C2=C(C=C(O)c3cccc(C)c31)N(C(=O)c1cn3cc(NC(=O)c4ccc(O)cc4)ccc3n1)C[C@H]2CCl. The second kappa shape index (κ2) is 10.9. The van der Waals surface area contributed by atoms with Crippen molar-refractivity contribution in [2.24, 2.45) is 5.92 Å². The number of hydrogen-bond donors (Lipinski definition) is 3. The Morgan fingerprint density at radius 2 is 1.86 bits per heavy atom. The Hall–Kier alpha value is -4.56. The number of phenolic OH excluding ortho intramolecular Hbond substituents is 1. The first-order chi connectivity index (χ1) is 20.6. The van der Waals surface area contributed by atoms with Gasteiger partial charge in [0.05, 0.1) is 5.69 Å². The van der Waals surface area contributed by atoms with E-state index in [1.807, 2.05) is 12.1 Å². The van der Waals surface area contributed by atoms with Gasteiger partial charge in [-0.3, -0.25) is 9.59 Å². The number of carbonyl (C=O) groups excluding carboxylic acids is 2. The van der Waals surface area contributed by atoms with Crippen LogP contribution < -0.4 is 5.32 Å². The smallest absolute Gasteiger partial charge is 0.278 e. The number of aliphatic hydroxyl groups excluding tert-OH is 1. The van der Waals surface area contributed by atoms with Crippen LogP contribution in [0.5, 0.6) is 5.75 Å². The number of aliphatic hydroxyl groups is 1. The minimum atomic E-state index is -0.427. The number of hydrogen-bond acceptors (Lipinski definition) is 5. The summed E-state index contributed by atoms with van der Waals surface area (Å²) in [5.41, 5.74) is 5.99. The predicted molar refractivity (Wildman–Crippen MR) is 168 cm³/mol. The largest absolute Gasteiger partial charge is 0.508 e. The zero-order valence-corrected chi connectivity index (χ0v) is 25.0. The summed E-state index contributed by atoms with van der Waals surface area (Å²) in [6, 6.07) is 15.4. The van der Waals surface area contributed by atoms with Crippen molar-refractivity contribution >= 4 is 40.5 Å². The molecular weight excluding hydrogens is 564 g/mol. The molecule has 0 radical (unpaired) electrons. The van der Waals surface area contributed by atoms with E-state index < -0.39 is 5.41 Å². The van der Waals surface area contributed by atoms with Crippen molar-refractivity contribution in [2.45, 2.75) is 39.0 Å². The summed E-state index contributed by atoms with van der Waals surface area (Å²) < 4.78 is 1.70. The third-order valence-electron chi connectivity index (χ3n) is 8.59. The van der Waals surface area contributed by atoms with Gasteiger partial charge in [-0.15, -0.1) is 11.6 Å². The molecule has 4 aromatic rings. The number of imidazole rings is 1. The molecule has 1 unspecified atom stereocenters. The molecule has 0 saturated heterocycles. The molecule has 3 heterocycles. The van der Waals surface area contributed by atoms with Crippen LogP contribution in [-0.4, -0.2) is 48.7 Å². The Balaban J connectivity index is 1.36. The summed E-state index contributed by atoms with van der Waals surface area (Å²) in [6.45, 7) is 6.81. The van der Waals surface area contributed by atoms with Crippen LogP contribution in [0.25, 0.3) is 11.4 Å². The molecule has 6 rings (SSSR count). The summed E-state index contributed by atoms with van der Waals surface area (Å²) in [6.07, 6.45) is 6.82. The van der Waals surface area contributed by atoms with E-state index in [0.717, 1.165) is 35.1 Å². The predicted octanol–water partition coefficient (Wildman–Crippen LogP) is 6.84. The number of allylic oxidation sites excluding steroid dienone is 1. The molecule has 43 heavy (non-hydrogen) atoms. The number of aromatic nitrogens is 2. The lowest BCUT2D eigenvalue weighted by atomic mass is 9.67. The van der Waals surface area contributed by atoms with Crippen molar-refractivity contribution in [3.8, 4) is 5.75 Å². The number of aryl methyl sites for hydroxylation is 1. The van der Waals surface area contributed by atoms with E-state index >= 15 is 0 Å². The first-order valence-electron chi connectivity index (χ1n) is 14.4. The fraction of sp³-hybridized carbons (Fsp3) is 0.265. The van der Waals surface area contributed by atoms with Crippen molar-refractivity contribution in [3.05, 3.63) is 112 Å². The summed E-state index contributed by atoms with van der Waals surface area (Å²) in [5, 5.41) is 23.7. The number of alkyl halides is 1. The van der Waals surface area contributed by atoms with Crippen LogP contribution in [0.2, 0.25) is 0 Å². The van der Waals surface area contributed by atoms with Crippen molar-refractivity contribution < 1.29 is 19.8 Å². The number of pyridine rings is 1. The molecule has 9 heteroatoms. The van der Waals surface area contributed by atoms with Crippen LogP contribution >= 0.6 is 11.6 Å². The van der Waals surface area contributed by atoms with E-state index in [0.29, 0.717) is 35.0 Å². The standard InChI is InChI=1S/C34H33ClN4O4/c1-4-14-34(3)30-20(2)6-5-7-25(30)28(41)15-27-31(34)22(16-35)17-39(27)33(43)26-19-38-18-23(10-13-29(38)37-26)36-32(42)21-8-11-24(40)12-9-21/h5-13,15,18-19,22,40-41H,4,14,16-17H2,1-3H3,(H,36,42)/t22-,34?/m1/s1. The molecular formula is C34H33ClN4O4. The third kappa shape index (κ3) is 4.85. The Morgan fingerprint density at radius 1 is 1.09 bits per heavy atom. The minimum Gasteiger partial charge on any atom is -0.508 e. The molecule has 220 valence electrons. The second-order valence-corrected chi connectivity index (χ2v) is 11.8. The van der Waals surface area contributed by atoms with Gasteiger partial charge in [-0.2, -0.15) is 0 Å². The number of rotatable bonds is 6. The van der Waals surface area contributed by atoms with Crippen LogP contribution in [0.15, 0.2) is 84.3 Å². The molecule has 2 amide bonds. The van der Waals surface area contributed by atoms with E-state index in [1.54, 1.807) is 39.9 Å². The van der Waals surface area contributed by atoms with Gasteiger partial charge in [-0.05, 0) is 66.4 Å². The monoisotopic (exact) mass is 596 g/mol. The minimum absolute atomic E-state index is 0.0797. The molecule has 0 bridgehead atoms. The molecule has 8 nitrogen and oxygen atoms in total. The molecule has 2 atom stereocenters. The fourth-order valence-electron chi connectivity index (χ4n) is 6.81. The fourth-order valence-corrected chi connectivity index (χ4v) is 7.06. The van der Waals surface area contributed by atoms with Crippen molar-refractivity contribution in [2.75, 3.05) is 17.7 Å². The van der Waals surface area contributed by atoms with Crippen LogP contribution in [0, 0.1) is 12.8 Å². The van der Waals surface area contributed by atoms with E-state index in [-0.39, 0.29) is 34.9 Å². The average molecular weight is 597 g/mol. The molecule has 0 fully saturated rings. The lowest BCUT2D eigenvalue weighted by molar-refractivity contribution is 0.0810. The molecule has 1 aliphatic carbocycles. The van der Waals surface area contributed by atoms with Crippen LogP contribution in [0.1, 0.15) is 64.2 Å². The zero-order valence-electron chi connectivity index (χ0n) is 24.3. The van der Waals surface area contributed by atoms with Crippen molar-refractivity contribution in [3.63, 3.8) is 0 Å². The topological polar surface area (TPSA) is 107 Å². The lowest BCUT2D eigenvalue weighted by Gasteiger charge is -2.36. The summed E-state index contributed by atoms with van der Waals surface area (Å²) in [4.78, 5) is 33.1. The average Bonchev–Trinajstić information content (AvgIpc) is 3.56. The zero-order chi connectivity index (χ0) is 30.5. The molecule has 0 saturated carbocycles. The van der Waals surface area contributed by atoms with Crippen LogP contribution in [0.4, 0.5) is 5.69 Å². The number of halogens is 1. The number of nitrogens with one attached hydrogen (secondary N) is 1. The second-order valence-electron chi connectivity index (χ2n) is 11.5. The highest BCUT2D eigenvalue weighted by Crippen LogP contribution is 2.51. The van der Waals surface area contributed by atoms with Gasteiger partial charge in [-0.1, -0.05) is 38.5 Å². The molecule has 1 aliphatic heterocycles. The van der Waals surface area contributed by atoms with Gasteiger partial charge in [0.2, 0.25) is 0 Å².